The standard InChI is InChI=1S/C10H8FNO4/c1-16-8-2-5(4-12)7(11)3-6(8)9(13)10(14)15/h2-3,9,13H,1H3,(H,14,15). The van der Waals surface area contributed by atoms with Gasteiger partial charge in [-0.05, 0) is 6.07 Å². The lowest BCUT2D eigenvalue weighted by molar-refractivity contribution is -0.147. The summed E-state index contributed by atoms with van der Waals surface area (Å²) >= 11 is 0. The number of benzene rings is 1. The molecule has 1 aromatic carbocycles. The summed E-state index contributed by atoms with van der Waals surface area (Å²) in [4.78, 5) is 10.5. The van der Waals surface area contributed by atoms with E-state index in [0.717, 1.165) is 12.1 Å². The third-order valence-electron chi connectivity index (χ3n) is 1.97. The first-order chi connectivity index (χ1) is 7.51. The van der Waals surface area contributed by atoms with Gasteiger partial charge >= 0.3 is 5.97 Å². The second-order valence-electron chi connectivity index (χ2n) is 2.93. The van der Waals surface area contributed by atoms with Crippen LogP contribution < -0.4 is 4.74 Å². The molecule has 0 saturated heterocycles. The first-order valence-electron chi connectivity index (χ1n) is 4.19. The summed E-state index contributed by atoms with van der Waals surface area (Å²) < 4.78 is 18.0. The van der Waals surface area contributed by atoms with Crippen LogP contribution >= 0.6 is 0 Å². The number of carboxylic acid groups (broad SMARTS) is 1. The molecule has 84 valence electrons. The van der Waals surface area contributed by atoms with Crippen LogP contribution in [-0.4, -0.2) is 23.3 Å². The number of hydrogen-bond donors (Lipinski definition) is 2. The van der Waals surface area contributed by atoms with Crippen molar-refractivity contribution in [1.82, 2.24) is 0 Å². The summed E-state index contributed by atoms with van der Waals surface area (Å²) in [7, 11) is 1.23. The second-order valence-corrected chi connectivity index (χ2v) is 2.93. The molecular formula is C10H8FNO4. The average Bonchev–Trinajstić information content (AvgIpc) is 2.27. The van der Waals surface area contributed by atoms with Crippen LogP contribution in [0.2, 0.25) is 0 Å². The van der Waals surface area contributed by atoms with Crippen LogP contribution in [0.4, 0.5) is 4.39 Å². The SMILES string of the molecule is COc1cc(C#N)c(F)cc1C(O)C(=O)O. The molecule has 0 bridgehead atoms. The lowest BCUT2D eigenvalue weighted by Gasteiger charge is -2.11. The number of methoxy groups -OCH3 is 1. The molecule has 0 saturated carbocycles. The van der Waals surface area contributed by atoms with Crippen molar-refractivity contribution < 1.29 is 24.1 Å². The van der Waals surface area contributed by atoms with Crippen molar-refractivity contribution >= 4 is 5.97 Å². The summed E-state index contributed by atoms with van der Waals surface area (Å²) in [5.41, 5.74) is -0.510. The molecular weight excluding hydrogens is 217 g/mol. The summed E-state index contributed by atoms with van der Waals surface area (Å²) in [6.07, 6.45) is -1.89. The van der Waals surface area contributed by atoms with E-state index in [-0.39, 0.29) is 16.9 Å². The fraction of sp³-hybridized carbons (Fsp3) is 0.200. The Morgan fingerprint density at radius 2 is 2.25 bits per heavy atom. The molecule has 1 unspecified atom stereocenters. The first-order valence-corrected chi connectivity index (χ1v) is 4.19. The van der Waals surface area contributed by atoms with Gasteiger partial charge in [0.2, 0.25) is 0 Å². The molecule has 0 spiro atoms. The maximum atomic E-state index is 13.2. The van der Waals surface area contributed by atoms with Gasteiger partial charge in [0.1, 0.15) is 17.6 Å². The van der Waals surface area contributed by atoms with E-state index in [1.807, 2.05) is 0 Å². The molecule has 0 radical (unpaired) electrons. The van der Waals surface area contributed by atoms with Gasteiger partial charge in [-0.1, -0.05) is 0 Å². The number of nitriles is 1. The minimum absolute atomic E-state index is 0.0483. The zero-order valence-corrected chi connectivity index (χ0v) is 8.27. The van der Waals surface area contributed by atoms with Crippen LogP contribution in [0.1, 0.15) is 17.2 Å². The molecule has 0 fully saturated rings. The minimum atomic E-state index is -1.89. The van der Waals surface area contributed by atoms with E-state index < -0.39 is 17.9 Å². The van der Waals surface area contributed by atoms with Crippen molar-refractivity contribution in [3.63, 3.8) is 0 Å². The van der Waals surface area contributed by atoms with E-state index in [4.69, 9.17) is 15.1 Å². The highest BCUT2D eigenvalue weighted by Gasteiger charge is 2.22. The van der Waals surface area contributed by atoms with Gasteiger partial charge in [0, 0.05) is 11.6 Å². The number of carbonyl (C=O) groups is 1. The van der Waals surface area contributed by atoms with Gasteiger partial charge in [-0.2, -0.15) is 5.26 Å². The lowest BCUT2D eigenvalue weighted by Crippen LogP contribution is -2.12. The molecule has 0 heterocycles. The smallest absolute Gasteiger partial charge is 0.337 e. The van der Waals surface area contributed by atoms with E-state index in [0.29, 0.717) is 0 Å². The number of aliphatic carboxylic acids is 1. The van der Waals surface area contributed by atoms with Crippen LogP contribution in [0.3, 0.4) is 0 Å². The number of halogens is 1. The summed E-state index contributed by atoms with van der Waals surface area (Å²) in [6, 6.07) is 3.39. The Balaban J connectivity index is 3.35. The number of hydrogen-bond acceptors (Lipinski definition) is 4. The molecule has 1 atom stereocenters. The molecule has 0 aliphatic rings. The summed E-state index contributed by atoms with van der Waals surface area (Å²) in [5, 5.41) is 26.4. The quantitative estimate of drug-likeness (QED) is 0.794. The molecule has 16 heavy (non-hydrogen) atoms. The highest BCUT2D eigenvalue weighted by molar-refractivity contribution is 5.75. The van der Waals surface area contributed by atoms with Crippen LogP contribution in [-0.2, 0) is 4.79 Å². The minimum Gasteiger partial charge on any atom is -0.496 e. The number of aliphatic hydroxyl groups is 1. The van der Waals surface area contributed by atoms with Crippen molar-refractivity contribution in [2.45, 2.75) is 6.10 Å². The van der Waals surface area contributed by atoms with Gasteiger partial charge in [-0.25, -0.2) is 9.18 Å². The predicted molar refractivity (Wildman–Crippen MR) is 50.3 cm³/mol. The molecule has 2 N–H and O–H groups in total. The number of carboxylic acids is 1. The van der Waals surface area contributed by atoms with Gasteiger partial charge in [-0.15, -0.1) is 0 Å². The molecule has 1 rings (SSSR count). The van der Waals surface area contributed by atoms with Crippen molar-refractivity contribution in [2.24, 2.45) is 0 Å². The Labute approximate surface area is 90.3 Å². The van der Waals surface area contributed by atoms with Crippen molar-refractivity contribution in [3.8, 4) is 11.8 Å². The van der Waals surface area contributed by atoms with Crippen molar-refractivity contribution in [3.05, 3.63) is 29.1 Å². The highest BCUT2D eigenvalue weighted by atomic mass is 19.1. The molecule has 0 aliphatic heterocycles. The maximum Gasteiger partial charge on any atom is 0.337 e. The van der Waals surface area contributed by atoms with Gasteiger partial charge < -0.3 is 14.9 Å². The maximum absolute atomic E-state index is 13.2. The molecule has 5 nitrogen and oxygen atoms in total. The Bertz CT molecular complexity index is 467. The van der Waals surface area contributed by atoms with E-state index >= 15 is 0 Å². The highest BCUT2D eigenvalue weighted by Crippen LogP contribution is 2.28. The molecule has 6 heteroatoms. The number of ether oxygens (including phenoxy) is 1. The van der Waals surface area contributed by atoms with Crippen molar-refractivity contribution in [2.75, 3.05) is 7.11 Å². The Morgan fingerprint density at radius 1 is 1.62 bits per heavy atom. The van der Waals surface area contributed by atoms with Crippen LogP contribution in [0.5, 0.6) is 5.75 Å². The Morgan fingerprint density at radius 3 is 2.69 bits per heavy atom. The largest absolute Gasteiger partial charge is 0.496 e. The zero-order valence-electron chi connectivity index (χ0n) is 8.27. The van der Waals surface area contributed by atoms with E-state index in [9.17, 15) is 14.3 Å². The molecule has 0 amide bonds. The van der Waals surface area contributed by atoms with Gasteiger partial charge in [0.25, 0.3) is 0 Å². The van der Waals surface area contributed by atoms with Crippen molar-refractivity contribution in [1.29, 1.82) is 5.26 Å². The topological polar surface area (TPSA) is 90.5 Å². The van der Waals surface area contributed by atoms with E-state index in [1.165, 1.54) is 7.11 Å². The third kappa shape index (κ3) is 2.10. The van der Waals surface area contributed by atoms with Crippen LogP contribution in [0.25, 0.3) is 0 Å². The van der Waals surface area contributed by atoms with E-state index in [1.54, 1.807) is 6.07 Å². The number of rotatable bonds is 3. The average molecular weight is 225 g/mol. The molecule has 1 aromatic rings. The number of nitrogens with zero attached hydrogens (tertiary/aromatic N) is 1. The second kappa shape index (κ2) is 4.59. The van der Waals surface area contributed by atoms with E-state index in [2.05, 4.69) is 0 Å². The normalized spacial score (nSPS) is 11.6. The molecule has 0 aliphatic carbocycles. The summed E-state index contributed by atoms with van der Waals surface area (Å²) in [6.45, 7) is 0. The Hall–Kier alpha value is -2.13. The van der Waals surface area contributed by atoms with Gasteiger partial charge in [0.15, 0.2) is 6.10 Å². The zero-order chi connectivity index (χ0) is 12.3. The fourth-order valence-electron chi connectivity index (χ4n) is 1.18. The molecule has 0 aromatic heterocycles. The van der Waals surface area contributed by atoms with Gasteiger partial charge in [-0.3, -0.25) is 0 Å². The third-order valence-corrected chi connectivity index (χ3v) is 1.97. The fourth-order valence-corrected chi connectivity index (χ4v) is 1.18. The predicted octanol–water partition coefficient (Wildman–Crippen LogP) is 0.824. The summed E-state index contributed by atoms with van der Waals surface area (Å²) in [5.74, 6) is -2.48. The monoisotopic (exact) mass is 225 g/mol. The first kappa shape index (κ1) is 11.9. The van der Waals surface area contributed by atoms with Gasteiger partial charge in [0.05, 0.1) is 12.7 Å². The lowest BCUT2D eigenvalue weighted by atomic mass is 10.1. The number of aliphatic hydroxyl groups excluding tert-OH is 1. The van der Waals surface area contributed by atoms with Crippen LogP contribution in [0, 0.1) is 17.1 Å². The Kier molecular flexibility index (Phi) is 3.43. The van der Waals surface area contributed by atoms with Crippen LogP contribution in [0.15, 0.2) is 12.1 Å².